The summed E-state index contributed by atoms with van der Waals surface area (Å²) in [4.78, 5) is 8.76. The van der Waals surface area contributed by atoms with Crippen LogP contribution in [-0.2, 0) is 20.2 Å². The van der Waals surface area contributed by atoms with Crippen LogP contribution < -0.4 is 11.1 Å². The van der Waals surface area contributed by atoms with Crippen molar-refractivity contribution in [2.24, 2.45) is 11.7 Å². The molecule has 2 fully saturated rings. The SMILES string of the molecule is C[C@H]1C[C@@H](c2ccncc2Nc2ncc3ccc(-c4c(F)cc(C5(O)CCC5)cc4F)nn23)C[C@@H](N)[C@H]1OCCS(C)(=O)=O. The number of sulfone groups is 1. The van der Waals surface area contributed by atoms with Crippen molar-refractivity contribution in [3.05, 3.63) is 71.7 Å². The number of benzene rings is 1. The van der Waals surface area contributed by atoms with E-state index in [1.54, 1.807) is 24.7 Å². The van der Waals surface area contributed by atoms with Gasteiger partial charge in [-0.15, -0.1) is 0 Å². The van der Waals surface area contributed by atoms with E-state index in [2.05, 4.69) is 27.3 Å². The van der Waals surface area contributed by atoms with E-state index in [0.29, 0.717) is 36.4 Å². The molecular weight excluding hydrogens is 590 g/mol. The molecule has 3 heterocycles. The average Bonchev–Trinajstić information content (AvgIpc) is 3.34. The molecule has 0 aliphatic heterocycles. The summed E-state index contributed by atoms with van der Waals surface area (Å²) in [6.45, 7) is 2.16. The number of anilines is 2. The molecule has 4 atom stereocenters. The molecule has 4 aromatic rings. The molecule has 44 heavy (non-hydrogen) atoms. The number of imidazole rings is 1. The van der Waals surface area contributed by atoms with Gasteiger partial charge in [-0.1, -0.05) is 6.92 Å². The van der Waals surface area contributed by atoms with E-state index in [0.717, 1.165) is 18.4 Å². The maximum atomic E-state index is 15.2. The van der Waals surface area contributed by atoms with Crippen molar-refractivity contribution >= 4 is 27.0 Å². The quantitative estimate of drug-likeness (QED) is 0.245. The Morgan fingerprint density at radius 1 is 1.16 bits per heavy atom. The van der Waals surface area contributed by atoms with Crippen LogP contribution in [0.15, 0.2) is 48.9 Å². The molecule has 0 saturated heterocycles. The monoisotopic (exact) mass is 626 g/mol. The molecule has 0 bridgehead atoms. The summed E-state index contributed by atoms with van der Waals surface area (Å²) >= 11 is 0. The maximum absolute atomic E-state index is 15.2. The zero-order valence-corrected chi connectivity index (χ0v) is 25.4. The number of halogens is 2. The molecule has 2 aliphatic carbocycles. The lowest BCUT2D eigenvalue weighted by Gasteiger charge is -2.39. The fourth-order valence-electron chi connectivity index (χ4n) is 6.42. The van der Waals surface area contributed by atoms with E-state index >= 15 is 8.78 Å². The highest BCUT2D eigenvalue weighted by Crippen LogP contribution is 2.43. The first kappa shape index (κ1) is 30.5. The number of nitrogens with two attached hydrogens (primary N) is 1. The number of hydrogen-bond donors (Lipinski definition) is 3. The van der Waals surface area contributed by atoms with Crippen LogP contribution in [0, 0.1) is 17.6 Å². The van der Waals surface area contributed by atoms with Crippen LogP contribution in [0.25, 0.3) is 16.8 Å². The molecular formula is C31H36F2N6O4S. The Hall–Kier alpha value is -3.52. The number of aliphatic hydroxyl groups is 1. The predicted octanol–water partition coefficient (Wildman–Crippen LogP) is 4.46. The lowest BCUT2D eigenvalue weighted by atomic mass is 9.74. The second-order valence-electron chi connectivity index (χ2n) is 12.2. The van der Waals surface area contributed by atoms with Gasteiger partial charge >= 0.3 is 0 Å². The molecule has 0 unspecified atom stereocenters. The summed E-state index contributed by atoms with van der Waals surface area (Å²) in [6, 6.07) is 7.23. The third kappa shape index (κ3) is 6.06. The van der Waals surface area contributed by atoms with Crippen LogP contribution in [0.3, 0.4) is 0 Å². The minimum absolute atomic E-state index is 0.0488. The second-order valence-corrected chi connectivity index (χ2v) is 14.5. The van der Waals surface area contributed by atoms with Gasteiger partial charge in [0.15, 0.2) is 0 Å². The molecule has 3 aromatic heterocycles. The lowest BCUT2D eigenvalue weighted by Crippen LogP contribution is -2.47. The first-order valence-electron chi connectivity index (χ1n) is 14.7. The number of nitrogens with one attached hydrogen (secondary N) is 1. The fraction of sp³-hybridized carbons (Fsp3) is 0.452. The highest BCUT2D eigenvalue weighted by Gasteiger charge is 2.38. The van der Waals surface area contributed by atoms with Crippen LogP contribution in [0.2, 0.25) is 0 Å². The highest BCUT2D eigenvalue weighted by molar-refractivity contribution is 7.90. The number of pyridine rings is 1. The maximum Gasteiger partial charge on any atom is 0.229 e. The Morgan fingerprint density at radius 2 is 1.91 bits per heavy atom. The molecule has 1 aromatic carbocycles. The summed E-state index contributed by atoms with van der Waals surface area (Å²) < 4.78 is 60.9. The minimum Gasteiger partial charge on any atom is -0.385 e. The van der Waals surface area contributed by atoms with Crippen LogP contribution >= 0.6 is 0 Å². The summed E-state index contributed by atoms with van der Waals surface area (Å²) in [7, 11) is -3.13. The molecule has 4 N–H and O–H groups in total. The van der Waals surface area contributed by atoms with Gasteiger partial charge in [0.25, 0.3) is 0 Å². The van der Waals surface area contributed by atoms with Crippen LogP contribution in [0.5, 0.6) is 0 Å². The van der Waals surface area contributed by atoms with Gasteiger partial charge < -0.3 is 20.9 Å². The summed E-state index contributed by atoms with van der Waals surface area (Å²) in [5, 5.41) is 18.4. The van der Waals surface area contributed by atoms with Gasteiger partial charge in [-0.3, -0.25) is 4.98 Å². The van der Waals surface area contributed by atoms with Gasteiger partial charge in [-0.25, -0.2) is 22.2 Å². The van der Waals surface area contributed by atoms with Crippen molar-refractivity contribution in [1.82, 2.24) is 19.6 Å². The molecule has 6 rings (SSSR count). The fourth-order valence-corrected chi connectivity index (χ4v) is 6.81. The van der Waals surface area contributed by atoms with Crippen LogP contribution in [0.1, 0.15) is 56.1 Å². The Labute approximate surface area is 254 Å². The van der Waals surface area contributed by atoms with E-state index in [9.17, 15) is 13.5 Å². The van der Waals surface area contributed by atoms with Gasteiger partial charge in [-0.2, -0.15) is 9.61 Å². The van der Waals surface area contributed by atoms with E-state index in [1.165, 1.54) is 29.0 Å². The first-order valence-corrected chi connectivity index (χ1v) is 16.8. The van der Waals surface area contributed by atoms with Crippen molar-refractivity contribution in [2.75, 3.05) is 23.9 Å². The molecule has 2 aliphatic rings. The lowest BCUT2D eigenvalue weighted by molar-refractivity contribution is -0.0392. The zero-order valence-electron chi connectivity index (χ0n) is 24.6. The van der Waals surface area contributed by atoms with E-state index < -0.39 is 27.1 Å². The third-order valence-corrected chi connectivity index (χ3v) is 9.81. The molecule has 0 spiro atoms. The number of ether oxygens (including phenoxy) is 1. The number of fused-ring (bicyclic) bond motifs is 1. The van der Waals surface area contributed by atoms with Crippen molar-refractivity contribution in [1.29, 1.82) is 0 Å². The topological polar surface area (TPSA) is 145 Å². The van der Waals surface area contributed by atoms with Crippen molar-refractivity contribution in [3.8, 4) is 11.3 Å². The van der Waals surface area contributed by atoms with E-state index in [1.807, 2.05) is 6.07 Å². The molecule has 10 nitrogen and oxygen atoms in total. The molecule has 0 radical (unpaired) electrons. The molecule has 234 valence electrons. The molecule has 2 saturated carbocycles. The largest absolute Gasteiger partial charge is 0.385 e. The van der Waals surface area contributed by atoms with Crippen molar-refractivity contribution < 1.29 is 27.0 Å². The van der Waals surface area contributed by atoms with E-state index in [-0.39, 0.29) is 53.2 Å². The second kappa shape index (κ2) is 11.8. The number of nitrogens with zero attached hydrogens (tertiary/aromatic N) is 4. The van der Waals surface area contributed by atoms with Crippen LogP contribution in [0.4, 0.5) is 20.4 Å². The van der Waals surface area contributed by atoms with Gasteiger partial charge in [0.2, 0.25) is 5.95 Å². The number of hydrogen-bond acceptors (Lipinski definition) is 9. The molecule has 13 heteroatoms. The third-order valence-electron chi connectivity index (χ3n) is 8.90. The van der Waals surface area contributed by atoms with Gasteiger partial charge in [0.05, 0.1) is 58.9 Å². The molecule has 0 amide bonds. The zero-order chi connectivity index (χ0) is 31.2. The summed E-state index contributed by atoms with van der Waals surface area (Å²) in [5.41, 5.74) is 7.68. The Balaban J connectivity index is 1.24. The Kier molecular flexibility index (Phi) is 8.16. The predicted molar refractivity (Wildman–Crippen MR) is 162 cm³/mol. The van der Waals surface area contributed by atoms with Crippen molar-refractivity contribution in [3.63, 3.8) is 0 Å². The Morgan fingerprint density at radius 3 is 2.57 bits per heavy atom. The van der Waals surface area contributed by atoms with Crippen LogP contribution in [-0.4, -0.2) is 63.9 Å². The minimum atomic E-state index is -3.13. The number of rotatable bonds is 9. The van der Waals surface area contributed by atoms with Crippen molar-refractivity contribution in [2.45, 2.75) is 62.7 Å². The highest BCUT2D eigenvalue weighted by atomic mass is 32.2. The van der Waals surface area contributed by atoms with E-state index in [4.69, 9.17) is 10.5 Å². The summed E-state index contributed by atoms with van der Waals surface area (Å²) in [6.07, 6.45) is 9.08. The Bertz CT molecular complexity index is 1760. The standard InChI is InChI=1S/C31H36F2N6O4S/c1-18-12-19(13-25(34)29(18)43-10-11-44(2,41)42)22-6-9-35-17-27(22)37-30-36-16-21-4-5-26(38-39(21)30)28-23(32)14-20(15-24(28)33)31(40)7-3-8-31/h4-6,9,14-19,25,29,40H,3,7-8,10-13,34H2,1-2H3,(H,36,37)/t18-,19+,25+,29-/m0/s1. The average molecular weight is 627 g/mol. The van der Waals surface area contributed by atoms with Gasteiger partial charge in [-0.05, 0) is 85.4 Å². The summed E-state index contributed by atoms with van der Waals surface area (Å²) in [5.74, 6) is -1.14. The normalized spacial score (nSPS) is 23.4. The smallest absolute Gasteiger partial charge is 0.229 e. The number of aromatic nitrogens is 4. The van der Waals surface area contributed by atoms with Gasteiger partial charge in [0, 0.05) is 18.5 Å². The van der Waals surface area contributed by atoms with Gasteiger partial charge in [0.1, 0.15) is 21.5 Å². The first-order chi connectivity index (χ1) is 20.9.